The lowest BCUT2D eigenvalue weighted by Crippen LogP contribution is -2.34. The van der Waals surface area contributed by atoms with Gasteiger partial charge in [0.25, 0.3) is 0 Å². The molecular weight excluding hydrogens is 374 g/mol. The Labute approximate surface area is 167 Å². The largest absolute Gasteiger partial charge is 0.458 e. The second kappa shape index (κ2) is 8.62. The Morgan fingerprint density at radius 3 is 2.71 bits per heavy atom. The molecular formula is C20H23N5O2S. The number of aromatic nitrogens is 3. The first-order valence-corrected chi connectivity index (χ1v) is 10.4. The van der Waals surface area contributed by atoms with E-state index in [0.29, 0.717) is 29.6 Å². The molecule has 28 heavy (non-hydrogen) atoms. The first kappa shape index (κ1) is 18.8. The van der Waals surface area contributed by atoms with E-state index >= 15 is 0 Å². The number of hydrogen-bond donors (Lipinski definition) is 1. The van der Waals surface area contributed by atoms with Gasteiger partial charge in [-0.1, -0.05) is 12.8 Å². The van der Waals surface area contributed by atoms with Crippen LogP contribution in [0.25, 0.3) is 22.3 Å². The highest BCUT2D eigenvalue weighted by atomic mass is 32.1. The molecule has 0 bridgehead atoms. The molecule has 0 radical (unpaired) electrons. The van der Waals surface area contributed by atoms with E-state index in [0.717, 1.165) is 36.7 Å². The number of amides is 1. The Bertz CT molecular complexity index is 930. The summed E-state index contributed by atoms with van der Waals surface area (Å²) in [6.07, 6.45) is 6.52. The van der Waals surface area contributed by atoms with Crippen molar-refractivity contribution in [1.29, 1.82) is 0 Å². The quantitative estimate of drug-likeness (QED) is 0.701. The minimum atomic E-state index is -0.0627. The van der Waals surface area contributed by atoms with Gasteiger partial charge in [-0.3, -0.25) is 9.69 Å². The highest BCUT2D eigenvalue weighted by Gasteiger charge is 2.16. The summed E-state index contributed by atoms with van der Waals surface area (Å²) in [5.74, 6) is 2.19. The minimum Gasteiger partial charge on any atom is -0.458 e. The van der Waals surface area contributed by atoms with Crippen molar-refractivity contribution in [2.24, 2.45) is 0 Å². The van der Waals surface area contributed by atoms with Crippen molar-refractivity contribution >= 4 is 23.1 Å². The topological polar surface area (TPSA) is 84.2 Å². The minimum absolute atomic E-state index is 0.0627. The molecule has 146 valence electrons. The van der Waals surface area contributed by atoms with Crippen molar-refractivity contribution in [2.75, 3.05) is 25.0 Å². The number of nitrogens with one attached hydrogen (secondary N) is 1. The van der Waals surface area contributed by atoms with Gasteiger partial charge in [-0.25, -0.2) is 15.0 Å². The van der Waals surface area contributed by atoms with Crippen molar-refractivity contribution < 1.29 is 9.21 Å². The van der Waals surface area contributed by atoms with Crippen LogP contribution in [0, 0.1) is 6.92 Å². The van der Waals surface area contributed by atoms with E-state index in [-0.39, 0.29) is 5.91 Å². The zero-order valence-electron chi connectivity index (χ0n) is 15.9. The van der Waals surface area contributed by atoms with Crippen LogP contribution in [-0.2, 0) is 4.79 Å². The maximum absolute atomic E-state index is 12.6. The van der Waals surface area contributed by atoms with E-state index in [1.165, 1.54) is 24.2 Å². The van der Waals surface area contributed by atoms with E-state index in [9.17, 15) is 4.79 Å². The first-order chi connectivity index (χ1) is 13.7. The van der Waals surface area contributed by atoms with Crippen LogP contribution in [-0.4, -0.2) is 45.4 Å². The number of thiazole rings is 1. The van der Waals surface area contributed by atoms with E-state index < -0.39 is 0 Å². The fourth-order valence-electron chi connectivity index (χ4n) is 3.32. The lowest BCUT2D eigenvalue weighted by molar-refractivity contribution is -0.117. The molecule has 4 rings (SSSR count). The Kier molecular flexibility index (Phi) is 5.78. The van der Waals surface area contributed by atoms with Gasteiger partial charge in [-0.15, -0.1) is 11.3 Å². The number of rotatable bonds is 5. The smallest absolute Gasteiger partial charge is 0.239 e. The second-order valence-electron chi connectivity index (χ2n) is 6.95. The number of carbonyl (C=O) groups is 1. The monoisotopic (exact) mass is 397 g/mol. The van der Waals surface area contributed by atoms with Gasteiger partial charge >= 0.3 is 0 Å². The van der Waals surface area contributed by atoms with Crippen LogP contribution in [0.15, 0.2) is 34.2 Å². The molecule has 0 unspecified atom stereocenters. The first-order valence-electron chi connectivity index (χ1n) is 9.55. The zero-order valence-corrected chi connectivity index (χ0v) is 16.7. The Morgan fingerprint density at radius 1 is 1.21 bits per heavy atom. The number of furan rings is 1. The lowest BCUT2D eigenvalue weighted by atomic mass is 10.2. The molecule has 7 nitrogen and oxygen atoms in total. The molecule has 1 saturated heterocycles. The van der Waals surface area contributed by atoms with Gasteiger partial charge < -0.3 is 9.73 Å². The van der Waals surface area contributed by atoms with Crippen LogP contribution in [0.2, 0.25) is 0 Å². The number of nitrogens with zero attached hydrogens (tertiary/aromatic N) is 4. The summed E-state index contributed by atoms with van der Waals surface area (Å²) in [7, 11) is 0. The van der Waals surface area contributed by atoms with Gasteiger partial charge in [-0.2, -0.15) is 0 Å². The molecule has 0 atom stereocenters. The Balaban J connectivity index is 1.56. The predicted octanol–water partition coefficient (Wildman–Crippen LogP) is 3.98. The van der Waals surface area contributed by atoms with Crippen molar-refractivity contribution in [3.8, 4) is 22.3 Å². The zero-order chi connectivity index (χ0) is 19.3. The molecule has 1 aliphatic rings. The average Bonchev–Trinajstić information content (AvgIpc) is 3.30. The molecule has 1 N–H and O–H groups in total. The third-order valence-electron chi connectivity index (χ3n) is 4.67. The molecule has 3 aromatic heterocycles. The summed E-state index contributed by atoms with van der Waals surface area (Å²) in [5, 5.41) is 5.60. The van der Waals surface area contributed by atoms with Crippen LogP contribution in [0.1, 0.15) is 31.4 Å². The number of anilines is 1. The molecule has 4 heterocycles. The molecule has 1 amide bonds. The molecule has 0 aliphatic carbocycles. The van der Waals surface area contributed by atoms with Crippen molar-refractivity contribution in [2.45, 2.75) is 32.6 Å². The fourth-order valence-corrected chi connectivity index (χ4v) is 3.91. The summed E-state index contributed by atoms with van der Waals surface area (Å²) in [6.45, 7) is 4.20. The number of carbonyl (C=O) groups excluding carboxylic acids is 1. The standard InChI is InChI=1S/C20H23N5O2S/c1-14-6-7-16(27-14)19-22-15(20-21-8-11-28-20)12-17(24-19)23-18(26)13-25-9-4-2-3-5-10-25/h6-8,11-12H,2-5,9-10,13H2,1H3,(H,22,23,24,26). The van der Waals surface area contributed by atoms with E-state index in [1.807, 2.05) is 24.4 Å². The number of likely N-dealkylation sites (tertiary alicyclic amines) is 1. The van der Waals surface area contributed by atoms with Gasteiger partial charge in [-0.05, 0) is 45.0 Å². The summed E-state index contributed by atoms with van der Waals surface area (Å²) in [5.41, 5.74) is 0.666. The number of aryl methyl sites for hydroxylation is 1. The Morgan fingerprint density at radius 2 is 2.04 bits per heavy atom. The van der Waals surface area contributed by atoms with E-state index in [4.69, 9.17) is 4.42 Å². The number of hydrogen-bond acceptors (Lipinski definition) is 7. The van der Waals surface area contributed by atoms with Crippen LogP contribution in [0.4, 0.5) is 5.82 Å². The maximum atomic E-state index is 12.6. The molecule has 0 spiro atoms. The van der Waals surface area contributed by atoms with Crippen LogP contribution in [0.3, 0.4) is 0 Å². The molecule has 1 fully saturated rings. The van der Waals surface area contributed by atoms with Crippen molar-refractivity contribution in [3.05, 3.63) is 35.5 Å². The second-order valence-corrected chi connectivity index (χ2v) is 7.84. The van der Waals surface area contributed by atoms with Crippen LogP contribution >= 0.6 is 11.3 Å². The van der Waals surface area contributed by atoms with Crippen molar-refractivity contribution in [1.82, 2.24) is 19.9 Å². The Hall–Kier alpha value is -2.58. The summed E-state index contributed by atoms with van der Waals surface area (Å²) in [4.78, 5) is 28.2. The fraction of sp³-hybridized carbons (Fsp3) is 0.400. The van der Waals surface area contributed by atoms with Gasteiger partial charge in [0.2, 0.25) is 5.91 Å². The average molecular weight is 398 g/mol. The maximum Gasteiger partial charge on any atom is 0.239 e. The molecule has 3 aromatic rings. The van der Waals surface area contributed by atoms with E-state index in [1.54, 1.807) is 12.3 Å². The van der Waals surface area contributed by atoms with Crippen LogP contribution < -0.4 is 5.32 Å². The highest BCUT2D eigenvalue weighted by Crippen LogP contribution is 2.26. The normalized spacial score (nSPS) is 15.3. The van der Waals surface area contributed by atoms with Crippen LogP contribution in [0.5, 0.6) is 0 Å². The van der Waals surface area contributed by atoms with E-state index in [2.05, 4.69) is 25.2 Å². The lowest BCUT2D eigenvalue weighted by Gasteiger charge is -2.18. The SMILES string of the molecule is Cc1ccc(-c2nc(NC(=O)CN3CCCCCC3)cc(-c3nccs3)n2)o1. The van der Waals surface area contributed by atoms with Gasteiger partial charge in [0.15, 0.2) is 11.6 Å². The highest BCUT2D eigenvalue weighted by molar-refractivity contribution is 7.13. The predicted molar refractivity (Wildman–Crippen MR) is 109 cm³/mol. The van der Waals surface area contributed by atoms with Gasteiger partial charge in [0, 0.05) is 17.6 Å². The molecule has 1 aliphatic heterocycles. The third kappa shape index (κ3) is 4.63. The third-order valence-corrected chi connectivity index (χ3v) is 5.47. The van der Waals surface area contributed by atoms with Gasteiger partial charge in [0.05, 0.1) is 6.54 Å². The summed E-state index contributed by atoms with van der Waals surface area (Å²) in [6, 6.07) is 5.46. The molecule has 8 heteroatoms. The summed E-state index contributed by atoms with van der Waals surface area (Å²) < 4.78 is 5.67. The molecule has 0 saturated carbocycles. The van der Waals surface area contributed by atoms with Crippen molar-refractivity contribution in [3.63, 3.8) is 0 Å². The molecule has 0 aromatic carbocycles. The summed E-state index contributed by atoms with van der Waals surface area (Å²) >= 11 is 1.49. The van der Waals surface area contributed by atoms with Gasteiger partial charge in [0.1, 0.15) is 22.3 Å².